The Kier molecular flexibility index (Phi) is 7.52. The Morgan fingerprint density at radius 1 is 1.00 bits per heavy atom. The van der Waals surface area contributed by atoms with Crippen LogP contribution >= 0.6 is 13.4 Å². The van der Waals surface area contributed by atoms with Gasteiger partial charge < -0.3 is 43.1 Å². The summed E-state index contributed by atoms with van der Waals surface area (Å²) in [4.78, 5) is 43.2. The molecule has 0 aromatic carbocycles. The van der Waals surface area contributed by atoms with Crippen LogP contribution in [0.1, 0.15) is 25.8 Å². The van der Waals surface area contributed by atoms with E-state index in [1.165, 1.54) is 39.9 Å². The summed E-state index contributed by atoms with van der Waals surface area (Å²) in [6, 6.07) is 2.96. The molecule has 3 saturated heterocycles. The first-order valence-electron chi connectivity index (χ1n) is 13.1. The van der Waals surface area contributed by atoms with E-state index in [1.54, 1.807) is 10.6 Å². The quantitative estimate of drug-likeness (QED) is 0.254. The van der Waals surface area contributed by atoms with Gasteiger partial charge in [-0.2, -0.15) is 4.68 Å². The van der Waals surface area contributed by atoms with Crippen molar-refractivity contribution in [3.8, 4) is 0 Å². The van der Waals surface area contributed by atoms with E-state index in [0.717, 1.165) is 0 Å². The second-order valence-corrected chi connectivity index (χ2v) is 15.9. The van der Waals surface area contributed by atoms with Gasteiger partial charge in [0.25, 0.3) is 5.56 Å². The zero-order chi connectivity index (χ0) is 30.1. The van der Waals surface area contributed by atoms with E-state index in [-0.39, 0.29) is 31.0 Å². The number of fused-ring (bicyclic) bond motifs is 5. The van der Waals surface area contributed by atoms with Crippen molar-refractivity contribution in [2.75, 3.05) is 18.9 Å². The molecule has 4 N–H and O–H groups in total. The number of imidazole rings is 1. The summed E-state index contributed by atoms with van der Waals surface area (Å²) < 4.78 is 40.3. The van der Waals surface area contributed by atoms with Gasteiger partial charge in [-0.3, -0.25) is 13.8 Å². The third kappa shape index (κ3) is 5.47. The molecular weight excluding hydrogens is 646 g/mol. The third-order valence-electron chi connectivity index (χ3n) is 7.62. The fraction of sp³-hybridized carbons (Fsp3) is 0.500. The van der Waals surface area contributed by atoms with Gasteiger partial charge in [0.05, 0.1) is 25.0 Å². The zero-order valence-electron chi connectivity index (χ0n) is 22.3. The number of pyridine rings is 1. The van der Waals surface area contributed by atoms with Gasteiger partial charge in [0.15, 0.2) is 23.6 Å². The molecule has 2 unspecified atom stereocenters. The molecule has 0 saturated carbocycles. The second kappa shape index (κ2) is 11.0. The van der Waals surface area contributed by atoms with Crippen molar-refractivity contribution in [2.24, 2.45) is 5.92 Å². The van der Waals surface area contributed by atoms with Crippen LogP contribution in [0.4, 0.5) is 5.69 Å². The molecule has 9 atom stereocenters. The van der Waals surface area contributed by atoms with E-state index < -0.39 is 56.2 Å². The smallest absolute Gasteiger partial charge is 0.325 e. The SMILES string of the molecule is C[C@H]1[C@H]2OP(O)(=S)OC[C@H]3O[C@@H](n4nnc5c(N)ccnc54)C[C@@H]3OP(O)(=S)OC[C@H]1O[C@H]2n1ccc(=O)n2ccnc12. The number of rotatable bonds is 2. The first-order chi connectivity index (χ1) is 20.5. The number of aromatic nitrogens is 7. The van der Waals surface area contributed by atoms with Crippen LogP contribution in [-0.2, 0) is 51.2 Å². The topological polar surface area (TPSA) is 205 Å². The van der Waals surface area contributed by atoms with Gasteiger partial charge in [-0.25, -0.2) is 9.97 Å². The molecule has 0 amide bonds. The molecule has 0 radical (unpaired) electrons. The van der Waals surface area contributed by atoms with Crippen molar-refractivity contribution < 1.29 is 37.4 Å². The zero-order valence-corrected chi connectivity index (χ0v) is 25.7. The first-order valence-corrected chi connectivity index (χ1v) is 18.3. The number of nitrogens with two attached hydrogens (primary N) is 1. The van der Waals surface area contributed by atoms with Crippen molar-refractivity contribution in [3.63, 3.8) is 0 Å². The maximum absolute atomic E-state index is 12.3. The number of anilines is 1. The van der Waals surface area contributed by atoms with Crippen LogP contribution in [0.15, 0.2) is 41.7 Å². The molecule has 0 spiro atoms. The van der Waals surface area contributed by atoms with Crippen molar-refractivity contribution in [1.82, 2.24) is 33.9 Å². The van der Waals surface area contributed by atoms with E-state index in [0.29, 0.717) is 16.9 Å². The molecule has 230 valence electrons. The number of hydrogen-bond acceptors (Lipinski definition) is 14. The van der Waals surface area contributed by atoms with Crippen LogP contribution in [0.3, 0.4) is 0 Å². The van der Waals surface area contributed by atoms with Crippen LogP contribution in [0, 0.1) is 5.92 Å². The lowest BCUT2D eigenvalue weighted by Gasteiger charge is -2.28. The van der Waals surface area contributed by atoms with Crippen LogP contribution < -0.4 is 11.3 Å². The molecule has 0 aliphatic carbocycles. The second-order valence-electron chi connectivity index (χ2n) is 10.3. The summed E-state index contributed by atoms with van der Waals surface area (Å²) >= 11 is 10.8. The minimum absolute atomic E-state index is 0.161. The fourth-order valence-corrected chi connectivity index (χ4v) is 8.41. The maximum Gasteiger partial charge on any atom is 0.325 e. The number of nitrogens with zero attached hydrogens (tertiary/aromatic N) is 7. The normalized spacial score (nSPS) is 37.1. The Morgan fingerprint density at radius 2 is 1.77 bits per heavy atom. The summed E-state index contributed by atoms with van der Waals surface area (Å²) in [6.45, 7) is -6.40. The molecule has 21 heteroatoms. The van der Waals surface area contributed by atoms with Crippen LogP contribution in [0.25, 0.3) is 16.9 Å². The van der Waals surface area contributed by atoms with Crippen LogP contribution in [0.2, 0.25) is 0 Å². The Balaban J connectivity index is 1.19. The predicted octanol–water partition coefficient (Wildman–Crippen LogP) is 0.990. The predicted molar refractivity (Wildman–Crippen MR) is 155 cm³/mol. The average molecular weight is 673 g/mol. The Labute approximate surface area is 252 Å². The lowest BCUT2D eigenvalue weighted by molar-refractivity contribution is -0.0613. The van der Waals surface area contributed by atoms with E-state index in [9.17, 15) is 14.6 Å². The molecule has 3 aliphatic heterocycles. The molecule has 4 aromatic rings. The molecule has 17 nitrogen and oxygen atoms in total. The lowest BCUT2D eigenvalue weighted by Crippen LogP contribution is -2.30. The van der Waals surface area contributed by atoms with E-state index in [2.05, 4.69) is 20.3 Å². The van der Waals surface area contributed by atoms with Gasteiger partial charge in [-0.1, -0.05) is 12.1 Å². The van der Waals surface area contributed by atoms with Gasteiger partial charge in [0.1, 0.15) is 18.3 Å². The van der Waals surface area contributed by atoms with E-state index in [4.69, 9.17) is 56.9 Å². The molecule has 7 heterocycles. The first kappa shape index (κ1) is 29.5. The average Bonchev–Trinajstić information content (AvgIpc) is 3.74. The highest BCUT2D eigenvalue weighted by molar-refractivity contribution is 8.07. The molecule has 3 fully saturated rings. The Bertz CT molecular complexity index is 1850. The van der Waals surface area contributed by atoms with Gasteiger partial charge in [-0.05, 0) is 29.7 Å². The Morgan fingerprint density at radius 3 is 2.58 bits per heavy atom. The molecular formula is C22H26N8O9P2S2. The van der Waals surface area contributed by atoms with Crippen molar-refractivity contribution in [1.29, 1.82) is 0 Å². The van der Waals surface area contributed by atoms with Gasteiger partial charge in [0, 0.05) is 43.2 Å². The van der Waals surface area contributed by atoms with Crippen LogP contribution in [-0.4, -0.2) is 81.3 Å². The monoisotopic (exact) mass is 672 g/mol. The minimum atomic E-state index is -3.92. The van der Waals surface area contributed by atoms with Crippen LogP contribution in [0.5, 0.6) is 0 Å². The van der Waals surface area contributed by atoms with Crippen molar-refractivity contribution >= 4 is 59.7 Å². The standard InChI is InChI=1S/C22H26N8O9P2S2/c1-11-14-9-34-40(32,42)38-13-8-17(30-20-18(26-27-30)12(23)2-4-24-20)36-15(13)10-35-41(33,43)39-19(11)21(37-14)29-6-3-16(31)28-7-5-25-22(28)29/h2-7,11,13-15,17,19,21H,8-10H2,1H3,(H2,23,24)(H,32,42)(H,33,43)/t11-,13+,14-,15-,17-,19-,21-,40?,41?/m1/s1. The fourth-order valence-electron chi connectivity index (χ4n) is 5.45. The summed E-state index contributed by atoms with van der Waals surface area (Å²) in [7, 11) is 0. The van der Waals surface area contributed by atoms with Crippen molar-refractivity contribution in [3.05, 3.63) is 47.3 Å². The summed E-state index contributed by atoms with van der Waals surface area (Å²) in [6.07, 6.45) is 1.30. The number of nitrogen functional groups attached to an aromatic ring is 1. The lowest BCUT2D eigenvalue weighted by atomic mass is 10.0. The van der Waals surface area contributed by atoms with Crippen molar-refractivity contribution in [2.45, 2.75) is 50.2 Å². The number of hydrogen-bond donors (Lipinski definition) is 3. The highest BCUT2D eigenvalue weighted by Crippen LogP contribution is 2.54. The summed E-state index contributed by atoms with van der Waals surface area (Å²) in [5.74, 6) is -0.150. The number of ether oxygens (including phenoxy) is 2. The molecule has 4 aromatic heterocycles. The Hall–Kier alpha value is -2.25. The molecule has 7 rings (SSSR count). The highest BCUT2D eigenvalue weighted by atomic mass is 32.5. The van der Waals surface area contributed by atoms with Gasteiger partial charge in [0.2, 0.25) is 5.78 Å². The summed E-state index contributed by atoms with van der Waals surface area (Å²) in [5, 5.41) is 8.24. The molecule has 43 heavy (non-hydrogen) atoms. The molecule has 2 bridgehead atoms. The van der Waals surface area contributed by atoms with E-state index in [1.807, 2.05) is 6.92 Å². The largest absolute Gasteiger partial charge is 0.397 e. The third-order valence-corrected chi connectivity index (χ3v) is 10.8. The summed E-state index contributed by atoms with van der Waals surface area (Å²) in [5.41, 5.74) is 6.90. The highest BCUT2D eigenvalue weighted by Gasteiger charge is 2.49. The van der Waals surface area contributed by atoms with Gasteiger partial charge in [-0.15, -0.1) is 5.10 Å². The molecule has 3 aliphatic rings. The maximum atomic E-state index is 12.3. The minimum Gasteiger partial charge on any atom is -0.397 e. The van der Waals surface area contributed by atoms with Gasteiger partial charge >= 0.3 is 13.4 Å². The van der Waals surface area contributed by atoms with E-state index >= 15 is 0 Å².